The van der Waals surface area contributed by atoms with E-state index in [0.29, 0.717) is 41.6 Å². The second kappa shape index (κ2) is 10.5. The lowest BCUT2D eigenvalue weighted by atomic mass is 9.82. The molecule has 2 aromatic carbocycles. The molecule has 0 radical (unpaired) electrons. The van der Waals surface area contributed by atoms with Crippen molar-refractivity contribution in [3.63, 3.8) is 0 Å². The number of carbonyl (C=O) groups excluding carboxylic acids is 2. The van der Waals surface area contributed by atoms with E-state index in [0.717, 1.165) is 12.8 Å². The average molecular weight is 612 g/mol. The van der Waals surface area contributed by atoms with E-state index in [9.17, 15) is 22.8 Å². The number of aromatic nitrogens is 1. The largest absolute Gasteiger partial charge is 0.495 e. The Labute approximate surface area is 249 Å². The minimum Gasteiger partial charge on any atom is -0.495 e. The summed E-state index contributed by atoms with van der Waals surface area (Å²) in [6.45, 7) is 1.38. The molecule has 1 aromatic heterocycles. The summed E-state index contributed by atoms with van der Waals surface area (Å²) in [6, 6.07) is 5.45. The Bertz CT molecular complexity index is 1760. The summed E-state index contributed by atoms with van der Waals surface area (Å²) in [5.41, 5.74) is 10.5. The first kappa shape index (κ1) is 29.4. The molecule has 1 atom stereocenters. The van der Waals surface area contributed by atoms with Crippen molar-refractivity contribution in [2.24, 2.45) is 10.7 Å². The number of carbonyl (C=O) groups is 2. The van der Waals surface area contributed by atoms with Gasteiger partial charge in [-0.15, -0.1) is 0 Å². The lowest BCUT2D eigenvalue weighted by Crippen LogP contribution is -2.40. The minimum absolute atomic E-state index is 0.0814. The van der Waals surface area contributed by atoms with Crippen LogP contribution in [-0.4, -0.2) is 49.3 Å². The fourth-order valence-corrected chi connectivity index (χ4v) is 5.28. The number of pyridine rings is 1. The average Bonchev–Trinajstić information content (AvgIpc) is 3.95. The van der Waals surface area contributed by atoms with Crippen molar-refractivity contribution in [3.05, 3.63) is 69.9 Å². The van der Waals surface area contributed by atoms with Crippen LogP contribution in [0, 0.1) is 23.3 Å². The summed E-state index contributed by atoms with van der Waals surface area (Å²) in [6.07, 6.45) is 4.72. The topological polar surface area (TPSA) is 142 Å². The van der Waals surface area contributed by atoms with Crippen molar-refractivity contribution in [1.29, 1.82) is 0 Å². The third-order valence-electron chi connectivity index (χ3n) is 8.59. The maximum atomic E-state index is 15.0. The number of primary amides is 1. The van der Waals surface area contributed by atoms with Gasteiger partial charge in [-0.05, 0) is 56.9 Å². The summed E-state index contributed by atoms with van der Waals surface area (Å²) in [5.74, 6) is -8.21. The van der Waals surface area contributed by atoms with Crippen LogP contribution in [0.15, 0.2) is 29.3 Å². The molecule has 2 amide bonds. The van der Waals surface area contributed by atoms with E-state index in [2.05, 4.69) is 15.3 Å². The number of anilines is 1. The van der Waals surface area contributed by atoms with E-state index in [1.54, 1.807) is 18.3 Å². The highest BCUT2D eigenvalue weighted by Gasteiger charge is 2.50. The van der Waals surface area contributed by atoms with E-state index >= 15 is 4.39 Å². The molecule has 3 aliphatic rings. The highest BCUT2D eigenvalue weighted by atomic mass is 19.2. The molecule has 9 nitrogen and oxygen atoms in total. The van der Waals surface area contributed by atoms with Gasteiger partial charge in [0.05, 0.1) is 18.8 Å². The standard InChI is InChI=1S/C31H29F4N5O4/c1-30(29(37)42)13-44-27-18(30)10-21(40-26(27)17-9-19(32)23(34)24(35)22(17)33)31(5-6-31)12-39-28(41)14-7-15(11-38-16-3-4-16)25(36)20(8-14)43-2/h7-11,16H,3-6,12-13,36H2,1-2H3,(H2,37,42)(H,39,41)/t30-/m0/s1. The minimum atomic E-state index is -2.01. The van der Waals surface area contributed by atoms with Crippen molar-refractivity contribution >= 4 is 23.7 Å². The number of nitrogens with zero attached hydrogens (tertiary/aromatic N) is 2. The number of halogens is 4. The molecule has 1 aliphatic heterocycles. The van der Waals surface area contributed by atoms with Crippen molar-refractivity contribution < 1.29 is 36.6 Å². The van der Waals surface area contributed by atoms with Gasteiger partial charge in [0.15, 0.2) is 23.3 Å². The predicted molar refractivity (Wildman–Crippen MR) is 153 cm³/mol. The molecule has 0 unspecified atom stereocenters. The van der Waals surface area contributed by atoms with Crippen LogP contribution in [0.2, 0.25) is 0 Å². The number of benzene rings is 2. The van der Waals surface area contributed by atoms with Gasteiger partial charge >= 0.3 is 0 Å². The maximum absolute atomic E-state index is 15.0. The van der Waals surface area contributed by atoms with Gasteiger partial charge in [-0.25, -0.2) is 22.5 Å². The number of aliphatic imine (C=N–C) groups is 1. The zero-order valence-electron chi connectivity index (χ0n) is 23.9. The molecule has 0 bridgehead atoms. The van der Waals surface area contributed by atoms with Crippen LogP contribution in [0.4, 0.5) is 23.2 Å². The molecular weight excluding hydrogens is 582 g/mol. The number of fused-ring (bicyclic) bond motifs is 1. The highest BCUT2D eigenvalue weighted by Crippen LogP contribution is 2.52. The molecular formula is C31H29F4N5O4. The second-order valence-corrected chi connectivity index (χ2v) is 11.7. The number of amides is 2. The summed E-state index contributed by atoms with van der Waals surface area (Å²) in [4.78, 5) is 34.8. The van der Waals surface area contributed by atoms with Crippen LogP contribution in [0.1, 0.15) is 59.8 Å². The molecule has 2 aliphatic carbocycles. The summed E-state index contributed by atoms with van der Waals surface area (Å²) >= 11 is 0. The highest BCUT2D eigenvalue weighted by molar-refractivity contribution is 5.99. The van der Waals surface area contributed by atoms with Gasteiger partial charge in [0, 0.05) is 46.1 Å². The lowest BCUT2D eigenvalue weighted by Gasteiger charge is -2.22. The summed E-state index contributed by atoms with van der Waals surface area (Å²) in [7, 11) is 1.44. The van der Waals surface area contributed by atoms with E-state index < -0.39 is 51.5 Å². The van der Waals surface area contributed by atoms with E-state index in [-0.39, 0.29) is 41.8 Å². The van der Waals surface area contributed by atoms with E-state index in [1.165, 1.54) is 20.1 Å². The molecule has 2 fully saturated rings. The van der Waals surface area contributed by atoms with Gasteiger partial charge in [-0.1, -0.05) is 0 Å². The second-order valence-electron chi connectivity index (χ2n) is 11.7. The van der Waals surface area contributed by atoms with Crippen molar-refractivity contribution in [3.8, 4) is 22.8 Å². The zero-order valence-corrected chi connectivity index (χ0v) is 23.9. The number of hydrogen-bond acceptors (Lipinski definition) is 7. The third kappa shape index (κ3) is 4.89. The van der Waals surface area contributed by atoms with Crippen LogP contribution < -0.4 is 26.3 Å². The van der Waals surface area contributed by atoms with Crippen LogP contribution in [-0.2, 0) is 15.6 Å². The number of nitrogens with one attached hydrogen (secondary N) is 1. The van der Waals surface area contributed by atoms with Crippen LogP contribution >= 0.6 is 0 Å². The fourth-order valence-electron chi connectivity index (χ4n) is 5.28. The number of methoxy groups -OCH3 is 1. The molecule has 6 rings (SSSR count). The Morgan fingerprint density at radius 3 is 2.50 bits per heavy atom. The maximum Gasteiger partial charge on any atom is 0.251 e. The Morgan fingerprint density at radius 1 is 1.14 bits per heavy atom. The number of ether oxygens (including phenoxy) is 2. The Morgan fingerprint density at radius 2 is 1.86 bits per heavy atom. The molecule has 5 N–H and O–H groups in total. The number of nitrogen functional groups attached to an aromatic ring is 1. The number of hydrogen-bond donors (Lipinski definition) is 3. The summed E-state index contributed by atoms with van der Waals surface area (Å²) < 4.78 is 68.4. The molecule has 2 saturated carbocycles. The zero-order chi connectivity index (χ0) is 31.6. The van der Waals surface area contributed by atoms with E-state index in [4.69, 9.17) is 20.9 Å². The number of nitrogens with two attached hydrogens (primary N) is 2. The predicted octanol–water partition coefficient (Wildman–Crippen LogP) is 4.07. The van der Waals surface area contributed by atoms with Gasteiger partial charge in [-0.3, -0.25) is 14.6 Å². The molecule has 2 heterocycles. The van der Waals surface area contributed by atoms with Crippen molar-refractivity contribution in [2.75, 3.05) is 26.0 Å². The Balaban J connectivity index is 1.36. The molecule has 3 aromatic rings. The normalized spacial score (nSPS) is 19.9. The smallest absolute Gasteiger partial charge is 0.251 e. The SMILES string of the molecule is COc1cc(C(=O)NCC2(c3cc4c(c(-c5cc(F)c(F)c(F)c5F)n3)OC[C@]4(C)C(N)=O)CC2)cc(C=NC2CC2)c1N. The lowest BCUT2D eigenvalue weighted by molar-refractivity contribution is -0.123. The first-order valence-electron chi connectivity index (χ1n) is 14.0. The van der Waals surface area contributed by atoms with Gasteiger partial charge in [0.25, 0.3) is 5.91 Å². The summed E-state index contributed by atoms with van der Waals surface area (Å²) in [5, 5.41) is 2.90. The van der Waals surface area contributed by atoms with Gasteiger partial charge in [-0.2, -0.15) is 0 Å². The fraction of sp³-hybridized carbons (Fsp3) is 0.355. The van der Waals surface area contributed by atoms with Crippen molar-refractivity contribution in [2.45, 2.75) is 49.5 Å². The molecule has 44 heavy (non-hydrogen) atoms. The molecule has 230 valence electrons. The molecule has 13 heteroatoms. The van der Waals surface area contributed by atoms with Gasteiger partial charge in [0.1, 0.15) is 29.2 Å². The molecule has 0 spiro atoms. The van der Waals surface area contributed by atoms with Crippen LogP contribution in [0.3, 0.4) is 0 Å². The van der Waals surface area contributed by atoms with E-state index in [1.807, 2.05) is 0 Å². The third-order valence-corrected chi connectivity index (χ3v) is 8.59. The van der Waals surface area contributed by atoms with Crippen LogP contribution in [0.5, 0.6) is 11.5 Å². The first-order chi connectivity index (χ1) is 20.9. The van der Waals surface area contributed by atoms with Gasteiger partial charge < -0.3 is 26.3 Å². The Kier molecular flexibility index (Phi) is 7.01. The molecule has 0 saturated heterocycles. The van der Waals surface area contributed by atoms with Gasteiger partial charge in [0.2, 0.25) is 5.91 Å². The quantitative estimate of drug-likeness (QED) is 0.110. The number of rotatable bonds is 9. The van der Waals surface area contributed by atoms with Crippen LogP contribution in [0.25, 0.3) is 11.3 Å². The Hall–Kier alpha value is -4.68. The monoisotopic (exact) mass is 611 g/mol. The van der Waals surface area contributed by atoms with Crippen molar-refractivity contribution in [1.82, 2.24) is 10.3 Å². The first-order valence-corrected chi connectivity index (χ1v) is 14.0.